The van der Waals surface area contributed by atoms with E-state index in [9.17, 15) is 9.59 Å². The molecule has 0 saturated carbocycles. The summed E-state index contributed by atoms with van der Waals surface area (Å²) in [6, 6.07) is 7.83. The summed E-state index contributed by atoms with van der Waals surface area (Å²) in [6.07, 6.45) is 0. The van der Waals surface area contributed by atoms with Gasteiger partial charge >= 0.3 is 5.97 Å². The van der Waals surface area contributed by atoms with Crippen molar-refractivity contribution in [3.63, 3.8) is 0 Å². The molecule has 1 aromatic heterocycles. The zero-order valence-electron chi connectivity index (χ0n) is 9.78. The molecule has 1 aromatic carbocycles. The van der Waals surface area contributed by atoms with Crippen LogP contribution in [-0.2, 0) is 4.74 Å². The minimum Gasteiger partial charge on any atom is -0.463 e. The average molecular weight is 391 g/mol. The Morgan fingerprint density at radius 1 is 1.21 bits per heavy atom. The van der Waals surface area contributed by atoms with Crippen molar-refractivity contribution >= 4 is 45.9 Å². The standard InChI is InChI=1S/C13H8ClIO4/c1-18-13(17)11-5-4-10(19-11)12(16)8-6-7(14)2-3-9(8)15/h2-6H,1H3. The Labute approximate surface area is 127 Å². The van der Waals surface area contributed by atoms with Crippen molar-refractivity contribution in [2.75, 3.05) is 7.11 Å². The van der Waals surface area contributed by atoms with Crippen LogP contribution in [0.3, 0.4) is 0 Å². The van der Waals surface area contributed by atoms with Crippen LogP contribution in [0.2, 0.25) is 5.02 Å². The molecule has 0 aliphatic carbocycles. The number of esters is 1. The van der Waals surface area contributed by atoms with E-state index in [0.29, 0.717) is 10.6 Å². The predicted molar refractivity (Wildman–Crippen MR) is 77.6 cm³/mol. The van der Waals surface area contributed by atoms with E-state index in [1.165, 1.54) is 19.2 Å². The number of benzene rings is 1. The topological polar surface area (TPSA) is 56.5 Å². The third kappa shape index (κ3) is 2.98. The molecule has 0 atom stereocenters. The third-order valence-electron chi connectivity index (χ3n) is 2.39. The number of ether oxygens (including phenoxy) is 1. The predicted octanol–water partition coefficient (Wildman–Crippen LogP) is 3.56. The number of hydrogen-bond donors (Lipinski definition) is 0. The molecule has 0 amide bonds. The van der Waals surface area contributed by atoms with Gasteiger partial charge in [-0.25, -0.2) is 4.79 Å². The lowest BCUT2D eigenvalue weighted by Crippen LogP contribution is -2.03. The Kier molecular flexibility index (Phi) is 4.26. The molecule has 4 nitrogen and oxygen atoms in total. The molecule has 0 aliphatic heterocycles. The van der Waals surface area contributed by atoms with Gasteiger partial charge in [-0.2, -0.15) is 0 Å². The van der Waals surface area contributed by atoms with E-state index in [0.717, 1.165) is 3.57 Å². The smallest absolute Gasteiger partial charge is 0.373 e. The highest BCUT2D eigenvalue weighted by atomic mass is 127. The van der Waals surface area contributed by atoms with Crippen LogP contribution in [0, 0.1) is 3.57 Å². The average Bonchev–Trinajstić information content (AvgIpc) is 2.89. The van der Waals surface area contributed by atoms with Crippen LogP contribution >= 0.6 is 34.2 Å². The molecule has 19 heavy (non-hydrogen) atoms. The summed E-state index contributed by atoms with van der Waals surface area (Å²) in [4.78, 5) is 23.5. The summed E-state index contributed by atoms with van der Waals surface area (Å²) < 4.78 is 10.4. The van der Waals surface area contributed by atoms with Crippen molar-refractivity contribution in [1.29, 1.82) is 0 Å². The fraction of sp³-hybridized carbons (Fsp3) is 0.0769. The van der Waals surface area contributed by atoms with Gasteiger partial charge in [-0.15, -0.1) is 0 Å². The van der Waals surface area contributed by atoms with E-state index in [2.05, 4.69) is 4.74 Å². The molecule has 0 saturated heterocycles. The monoisotopic (exact) mass is 390 g/mol. The molecule has 6 heteroatoms. The second kappa shape index (κ2) is 5.75. The molecule has 0 N–H and O–H groups in total. The minimum absolute atomic E-state index is 0.0112. The third-order valence-corrected chi connectivity index (χ3v) is 3.57. The molecular formula is C13H8ClIO4. The highest BCUT2D eigenvalue weighted by molar-refractivity contribution is 14.1. The number of methoxy groups -OCH3 is 1. The number of hydrogen-bond acceptors (Lipinski definition) is 4. The Hall–Kier alpha value is -1.34. The van der Waals surface area contributed by atoms with Crippen molar-refractivity contribution in [3.8, 4) is 0 Å². The molecule has 0 fully saturated rings. The lowest BCUT2D eigenvalue weighted by Gasteiger charge is -2.02. The van der Waals surface area contributed by atoms with Crippen molar-refractivity contribution in [3.05, 3.63) is 56.0 Å². The molecule has 0 bridgehead atoms. The van der Waals surface area contributed by atoms with Crippen LogP contribution in [0.4, 0.5) is 0 Å². The first-order valence-electron chi connectivity index (χ1n) is 5.21. The van der Waals surface area contributed by atoms with Crippen molar-refractivity contribution in [2.24, 2.45) is 0 Å². The largest absolute Gasteiger partial charge is 0.463 e. The molecule has 1 heterocycles. The molecule has 0 aliphatic rings. The Morgan fingerprint density at radius 2 is 1.89 bits per heavy atom. The maximum atomic E-state index is 12.2. The number of carbonyl (C=O) groups is 2. The molecule has 98 valence electrons. The van der Waals surface area contributed by atoms with E-state index in [1.807, 2.05) is 22.6 Å². The van der Waals surface area contributed by atoms with Gasteiger partial charge in [0.25, 0.3) is 0 Å². The summed E-state index contributed by atoms with van der Waals surface area (Å²) in [5.41, 5.74) is 0.430. The highest BCUT2D eigenvalue weighted by Gasteiger charge is 2.19. The van der Waals surface area contributed by atoms with Crippen LogP contribution in [-0.4, -0.2) is 18.9 Å². The summed E-state index contributed by atoms with van der Waals surface area (Å²) in [5, 5.41) is 0.462. The summed E-state index contributed by atoms with van der Waals surface area (Å²) in [5.74, 6) is -0.898. The minimum atomic E-state index is -0.625. The SMILES string of the molecule is COC(=O)c1ccc(C(=O)c2cc(Cl)ccc2I)o1. The molecule has 2 aromatic rings. The highest BCUT2D eigenvalue weighted by Crippen LogP contribution is 2.22. The normalized spacial score (nSPS) is 10.3. The summed E-state index contributed by atoms with van der Waals surface area (Å²) in [6.45, 7) is 0. The maximum absolute atomic E-state index is 12.2. The Balaban J connectivity index is 2.36. The fourth-order valence-corrected chi connectivity index (χ4v) is 2.23. The van der Waals surface area contributed by atoms with E-state index in [1.54, 1.807) is 18.2 Å². The quantitative estimate of drug-likeness (QED) is 0.457. The molecule has 0 spiro atoms. The van der Waals surface area contributed by atoms with Gasteiger partial charge in [-0.1, -0.05) is 11.6 Å². The Bertz CT molecular complexity index is 648. The van der Waals surface area contributed by atoms with Crippen LogP contribution in [0.5, 0.6) is 0 Å². The van der Waals surface area contributed by atoms with Gasteiger partial charge in [-0.05, 0) is 52.9 Å². The fourth-order valence-electron chi connectivity index (χ4n) is 1.47. The van der Waals surface area contributed by atoms with Crippen LogP contribution in [0.15, 0.2) is 34.7 Å². The lowest BCUT2D eigenvalue weighted by molar-refractivity contribution is 0.0563. The lowest BCUT2D eigenvalue weighted by atomic mass is 10.1. The number of furan rings is 1. The van der Waals surface area contributed by atoms with Crippen molar-refractivity contribution < 1.29 is 18.7 Å². The summed E-state index contributed by atoms with van der Waals surface area (Å²) in [7, 11) is 1.24. The van der Waals surface area contributed by atoms with Crippen LogP contribution in [0.1, 0.15) is 26.7 Å². The number of rotatable bonds is 3. The zero-order chi connectivity index (χ0) is 14.0. The second-order valence-electron chi connectivity index (χ2n) is 3.61. The molecule has 0 radical (unpaired) electrons. The van der Waals surface area contributed by atoms with Gasteiger partial charge in [0.2, 0.25) is 11.5 Å². The van der Waals surface area contributed by atoms with E-state index >= 15 is 0 Å². The van der Waals surface area contributed by atoms with E-state index < -0.39 is 5.97 Å². The van der Waals surface area contributed by atoms with Gasteiger partial charge in [0.15, 0.2) is 5.76 Å². The van der Waals surface area contributed by atoms with E-state index in [-0.39, 0.29) is 17.3 Å². The molecule has 2 rings (SSSR count). The first-order valence-corrected chi connectivity index (χ1v) is 6.66. The maximum Gasteiger partial charge on any atom is 0.373 e. The van der Waals surface area contributed by atoms with Gasteiger partial charge in [-0.3, -0.25) is 4.79 Å². The van der Waals surface area contributed by atoms with Gasteiger partial charge < -0.3 is 9.15 Å². The van der Waals surface area contributed by atoms with Crippen molar-refractivity contribution in [2.45, 2.75) is 0 Å². The number of carbonyl (C=O) groups excluding carboxylic acids is 2. The van der Waals surface area contributed by atoms with Gasteiger partial charge in [0.05, 0.1) is 7.11 Å². The van der Waals surface area contributed by atoms with E-state index in [4.69, 9.17) is 16.0 Å². The zero-order valence-corrected chi connectivity index (χ0v) is 12.7. The van der Waals surface area contributed by atoms with Gasteiger partial charge in [0.1, 0.15) is 0 Å². The first kappa shape index (κ1) is 14.1. The van der Waals surface area contributed by atoms with Crippen LogP contribution < -0.4 is 0 Å². The molecule has 0 unspecified atom stereocenters. The van der Waals surface area contributed by atoms with Crippen molar-refractivity contribution in [1.82, 2.24) is 0 Å². The van der Waals surface area contributed by atoms with Crippen LogP contribution in [0.25, 0.3) is 0 Å². The Morgan fingerprint density at radius 3 is 2.58 bits per heavy atom. The second-order valence-corrected chi connectivity index (χ2v) is 5.21. The number of ketones is 1. The first-order chi connectivity index (χ1) is 9.02. The summed E-state index contributed by atoms with van der Waals surface area (Å²) >= 11 is 7.90. The number of halogens is 2. The van der Waals surface area contributed by atoms with Gasteiger partial charge in [0, 0.05) is 14.2 Å². The molecular weight excluding hydrogens is 382 g/mol.